The summed E-state index contributed by atoms with van der Waals surface area (Å²) in [5.41, 5.74) is 8.36. The average Bonchev–Trinajstić information content (AvgIpc) is 2.35. The minimum absolute atomic E-state index is 0.614. The summed E-state index contributed by atoms with van der Waals surface area (Å²) in [5, 5.41) is 2.15. The molecule has 0 unspecified atom stereocenters. The molecule has 0 saturated heterocycles. The molecule has 0 amide bonds. The Morgan fingerprint density at radius 1 is 1.00 bits per heavy atom. The van der Waals surface area contributed by atoms with Crippen molar-refractivity contribution in [2.75, 3.05) is 12.8 Å². The first-order valence-electron chi connectivity index (χ1n) is 5.41. The van der Waals surface area contributed by atoms with Crippen LogP contribution >= 0.6 is 0 Å². The van der Waals surface area contributed by atoms with Gasteiger partial charge in [0, 0.05) is 10.8 Å². The van der Waals surface area contributed by atoms with Crippen LogP contribution in [0.1, 0.15) is 0 Å². The molecule has 0 saturated carbocycles. The van der Waals surface area contributed by atoms with Crippen molar-refractivity contribution in [2.45, 2.75) is 0 Å². The van der Waals surface area contributed by atoms with E-state index in [0.29, 0.717) is 11.4 Å². The summed E-state index contributed by atoms with van der Waals surface area (Å²) in [6.07, 6.45) is 0. The van der Waals surface area contributed by atoms with Crippen molar-refractivity contribution in [1.29, 1.82) is 0 Å². The third kappa shape index (κ3) is 1.56. The largest absolute Gasteiger partial charge is 0.495 e. The zero-order valence-electron chi connectivity index (χ0n) is 9.47. The highest BCUT2D eigenvalue weighted by Gasteiger charge is 2.04. The van der Waals surface area contributed by atoms with Crippen LogP contribution < -0.4 is 10.5 Å². The van der Waals surface area contributed by atoms with Crippen molar-refractivity contribution < 1.29 is 4.74 Å². The number of aromatic nitrogens is 1. The highest BCUT2D eigenvalue weighted by atomic mass is 16.5. The first-order chi connectivity index (χ1) is 8.28. The van der Waals surface area contributed by atoms with Gasteiger partial charge in [0.15, 0.2) is 0 Å². The van der Waals surface area contributed by atoms with Crippen LogP contribution in [0.4, 0.5) is 5.69 Å². The van der Waals surface area contributed by atoms with E-state index in [9.17, 15) is 0 Å². The van der Waals surface area contributed by atoms with Crippen molar-refractivity contribution in [3.05, 3.63) is 42.5 Å². The molecule has 0 fully saturated rings. The molecule has 3 rings (SSSR count). The van der Waals surface area contributed by atoms with Gasteiger partial charge in [0.1, 0.15) is 5.75 Å². The van der Waals surface area contributed by atoms with Gasteiger partial charge < -0.3 is 10.5 Å². The lowest BCUT2D eigenvalue weighted by atomic mass is 10.1. The Balaban J connectivity index is 2.40. The van der Waals surface area contributed by atoms with Gasteiger partial charge in [0.2, 0.25) is 0 Å². The number of fused-ring (bicyclic) bond motifs is 2. The predicted molar refractivity (Wildman–Crippen MR) is 70.2 cm³/mol. The van der Waals surface area contributed by atoms with Crippen LogP contribution in [-0.4, -0.2) is 12.1 Å². The summed E-state index contributed by atoms with van der Waals surface area (Å²) < 4.78 is 5.21. The van der Waals surface area contributed by atoms with Crippen LogP contribution in [0.3, 0.4) is 0 Å². The minimum Gasteiger partial charge on any atom is -0.495 e. The SMILES string of the molecule is COc1cc2cc3ccccc3nc2cc1N. The average molecular weight is 224 g/mol. The van der Waals surface area contributed by atoms with Crippen molar-refractivity contribution >= 4 is 27.5 Å². The van der Waals surface area contributed by atoms with Crippen LogP contribution in [0, 0.1) is 0 Å². The van der Waals surface area contributed by atoms with Gasteiger partial charge in [-0.15, -0.1) is 0 Å². The Morgan fingerprint density at radius 3 is 2.65 bits per heavy atom. The molecule has 84 valence electrons. The molecule has 0 atom stereocenters. The Kier molecular flexibility index (Phi) is 2.11. The molecule has 3 nitrogen and oxygen atoms in total. The third-order valence-corrected chi connectivity index (χ3v) is 2.87. The van der Waals surface area contributed by atoms with Gasteiger partial charge in [0.05, 0.1) is 23.8 Å². The normalized spacial score (nSPS) is 10.9. The molecule has 0 aliphatic carbocycles. The van der Waals surface area contributed by atoms with Gasteiger partial charge in [-0.3, -0.25) is 0 Å². The quantitative estimate of drug-likeness (QED) is 0.510. The van der Waals surface area contributed by atoms with Crippen LogP contribution in [0.2, 0.25) is 0 Å². The molecule has 0 aliphatic heterocycles. The molecular formula is C14H12N2O. The number of benzene rings is 2. The number of anilines is 1. The summed E-state index contributed by atoms with van der Waals surface area (Å²) in [4.78, 5) is 4.58. The smallest absolute Gasteiger partial charge is 0.142 e. The summed E-state index contributed by atoms with van der Waals surface area (Å²) >= 11 is 0. The number of methoxy groups -OCH3 is 1. The molecule has 0 spiro atoms. The van der Waals surface area contributed by atoms with Crippen LogP contribution in [0.15, 0.2) is 42.5 Å². The first kappa shape index (κ1) is 9.90. The number of hydrogen-bond donors (Lipinski definition) is 1. The lowest BCUT2D eigenvalue weighted by Gasteiger charge is -2.07. The molecule has 3 heteroatoms. The van der Waals surface area contributed by atoms with Gasteiger partial charge in [-0.05, 0) is 24.3 Å². The van der Waals surface area contributed by atoms with Gasteiger partial charge in [-0.2, -0.15) is 0 Å². The fraction of sp³-hybridized carbons (Fsp3) is 0.0714. The predicted octanol–water partition coefficient (Wildman–Crippen LogP) is 2.98. The van der Waals surface area contributed by atoms with E-state index in [0.717, 1.165) is 21.8 Å². The second-order valence-corrected chi connectivity index (χ2v) is 3.97. The maximum absolute atomic E-state index is 5.88. The zero-order chi connectivity index (χ0) is 11.8. The number of rotatable bonds is 1. The molecule has 3 aromatic rings. The van der Waals surface area contributed by atoms with E-state index in [-0.39, 0.29) is 0 Å². The summed E-state index contributed by atoms with van der Waals surface area (Å²) in [5.74, 6) is 0.689. The summed E-state index contributed by atoms with van der Waals surface area (Å²) in [6, 6.07) is 13.9. The van der Waals surface area contributed by atoms with E-state index in [1.807, 2.05) is 36.4 Å². The lowest BCUT2D eigenvalue weighted by molar-refractivity contribution is 0.417. The molecule has 0 bridgehead atoms. The van der Waals surface area contributed by atoms with E-state index >= 15 is 0 Å². The van der Waals surface area contributed by atoms with E-state index in [2.05, 4.69) is 11.1 Å². The Labute approximate surface area is 98.8 Å². The second kappa shape index (κ2) is 3.63. The monoisotopic (exact) mass is 224 g/mol. The Bertz CT molecular complexity index is 707. The van der Waals surface area contributed by atoms with Crippen LogP contribution in [0.25, 0.3) is 21.8 Å². The number of para-hydroxylation sites is 1. The van der Waals surface area contributed by atoms with E-state index in [1.54, 1.807) is 7.11 Å². The number of nitrogens with two attached hydrogens (primary N) is 1. The van der Waals surface area contributed by atoms with Crippen molar-refractivity contribution in [3.63, 3.8) is 0 Å². The van der Waals surface area contributed by atoms with Crippen LogP contribution in [-0.2, 0) is 0 Å². The Hall–Kier alpha value is -2.29. The third-order valence-electron chi connectivity index (χ3n) is 2.87. The van der Waals surface area contributed by atoms with E-state index in [4.69, 9.17) is 10.5 Å². The molecule has 17 heavy (non-hydrogen) atoms. The van der Waals surface area contributed by atoms with Crippen molar-refractivity contribution in [3.8, 4) is 5.75 Å². The summed E-state index contributed by atoms with van der Waals surface area (Å²) in [6.45, 7) is 0. The number of nitrogens with zero attached hydrogens (tertiary/aromatic N) is 1. The lowest BCUT2D eigenvalue weighted by Crippen LogP contribution is -1.93. The fourth-order valence-corrected chi connectivity index (χ4v) is 2.00. The molecule has 2 N–H and O–H groups in total. The van der Waals surface area contributed by atoms with Crippen LogP contribution in [0.5, 0.6) is 5.75 Å². The molecule has 1 aromatic heterocycles. The zero-order valence-corrected chi connectivity index (χ0v) is 9.47. The van der Waals surface area contributed by atoms with E-state index in [1.165, 1.54) is 0 Å². The molecule has 2 aromatic carbocycles. The molecule has 1 heterocycles. The van der Waals surface area contributed by atoms with Gasteiger partial charge in [-0.1, -0.05) is 18.2 Å². The Morgan fingerprint density at radius 2 is 1.82 bits per heavy atom. The van der Waals surface area contributed by atoms with Crippen molar-refractivity contribution in [1.82, 2.24) is 4.98 Å². The summed E-state index contributed by atoms with van der Waals surface area (Å²) in [7, 11) is 1.62. The number of nitrogen functional groups attached to an aromatic ring is 1. The number of pyridine rings is 1. The maximum atomic E-state index is 5.88. The highest BCUT2D eigenvalue weighted by Crippen LogP contribution is 2.28. The van der Waals surface area contributed by atoms with E-state index < -0.39 is 0 Å². The molecule has 0 radical (unpaired) electrons. The number of ether oxygens (including phenoxy) is 1. The second-order valence-electron chi connectivity index (χ2n) is 3.97. The molecule has 0 aliphatic rings. The van der Waals surface area contributed by atoms with Gasteiger partial charge in [-0.25, -0.2) is 4.98 Å². The number of hydrogen-bond acceptors (Lipinski definition) is 3. The minimum atomic E-state index is 0.614. The fourth-order valence-electron chi connectivity index (χ4n) is 2.00. The first-order valence-corrected chi connectivity index (χ1v) is 5.41. The van der Waals surface area contributed by atoms with Gasteiger partial charge in [0.25, 0.3) is 0 Å². The maximum Gasteiger partial charge on any atom is 0.142 e. The van der Waals surface area contributed by atoms with Gasteiger partial charge >= 0.3 is 0 Å². The highest BCUT2D eigenvalue weighted by molar-refractivity contribution is 5.95. The molecular weight excluding hydrogens is 212 g/mol. The van der Waals surface area contributed by atoms with Crippen molar-refractivity contribution in [2.24, 2.45) is 0 Å². The topological polar surface area (TPSA) is 48.1 Å². The standard InChI is InChI=1S/C14H12N2O/c1-17-14-7-10-6-9-4-2-3-5-12(9)16-13(10)8-11(14)15/h2-8H,15H2,1H3.